The summed E-state index contributed by atoms with van der Waals surface area (Å²) in [5.74, 6) is 0.431. The lowest BCUT2D eigenvalue weighted by Gasteiger charge is -2.12. The first-order valence-electron chi connectivity index (χ1n) is 5.51. The van der Waals surface area contributed by atoms with Gasteiger partial charge in [0.2, 0.25) is 0 Å². The van der Waals surface area contributed by atoms with Gasteiger partial charge in [-0.05, 0) is 6.42 Å². The lowest BCUT2D eigenvalue weighted by Crippen LogP contribution is -2.39. The second-order valence-corrected chi connectivity index (χ2v) is 3.50. The highest BCUT2D eigenvalue weighted by Crippen LogP contribution is 2.17. The van der Waals surface area contributed by atoms with Gasteiger partial charge in [0.25, 0.3) is 0 Å². The summed E-state index contributed by atoms with van der Waals surface area (Å²) < 4.78 is 35.6. The summed E-state index contributed by atoms with van der Waals surface area (Å²) in [5, 5.41) is 5.58. The lowest BCUT2D eigenvalue weighted by molar-refractivity contribution is -0.132. The van der Waals surface area contributed by atoms with Crippen LogP contribution < -0.4 is 10.6 Å². The monoisotopic (exact) mass is 239 g/mol. The molecule has 0 saturated heterocycles. The van der Waals surface area contributed by atoms with Crippen LogP contribution in [0.1, 0.15) is 32.6 Å². The predicted molar refractivity (Wildman–Crippen MR) is 59.6 cm³/mol. The van der Waals surface area contributed by atoms with Crippen LogP contribution in [0.5, 0.6) is 0 Å². The van der Waals surface area contributed by atoms with E-state index in [2.05, 4.69) is 22.5 Å². The van der Waals surface area contributed by atoms with Crippen LogP contribution in [0, 0.1) is 0 Å². The first-order valence-corrected chi connectivity index (χ1v) is 5.51. The molecule has 0 rings (SSSR count). The molecule has 0 spiro atoms. The van der Waals surface area contributed by atoms with Crippen LogP contribution >= 0.6 is 0 Å². The van der Waals surface area contributed by atoms with Crippen molar-refractivity contribution >= 4 is 5.96 Å². The molecule has 0 aromatic rings. The van der Waals surface area contributed by atoms with Gasteiger partial charge in [-0.3, -0.25) is 4.99 Å². The van der Waals surface area contributed by atoms with E-state index in [9.17, 15) is 13.2 Å². The second-order valence-electron chi connectivity index (χ2n) is 3.50. The smallest absolute Gasteiger partial charge is 0.356 e. The fourth-order valence-electron chi connectivity index (χ4n) is 1.13. The van der Waals surface area contributed by atoms with Crippen molar-refractivity contribution in [1.29, 1.82) is 0 Å². The Hall–Kier alpha value is -0.940. The molecule has 2 N–H and O–H groups in total. The van der Waals surface area contributed by atoms with E-state index >= 15 is 0 Å². The van der Waals surface area contributed by atoms with E-state index in [1.807, 2.05) is 0 Å². The van der Waals surface area contributed by atoms with Crippen LogP contribution in [0.15, 0.2) is 4.99 Å². The van der Waals surface area contributed by atoms with E-state index in [1.165, 1.54) is 0 Å². The number of alkyl halides is 3. The van der Waals surface area contributed by atoms with Crippen LogP contribution in [-0.4, -0.2) is 32.3 Å². The van der Waals surface area contributed by atoms with E-state index in [0.717, 1.165) is 25.8 Å². The van der Waals surface area contributed by atoms with Crippen LogP contribution in [0.25, 0.3) is 0 Å². The Balaban J connectivity index is 3.61. The number of nitrogens with zero attached hydrogens (tertiary/aromatic N) is 1. The summed E-state index contributed by atoms with van der Waals surface area (Å²) in [7, 11) is 1.54. The van der Waals surface area contributed by atoms with Crippen LogP contribution in [-0.2, 0) is 0 Å². The van der Waals surface area contributed by atoms with Crippen LogP contribution in [0.3, 0.4) is 0 Å². The van der Waals surface area contributed by atoms with E-state index in [4.69, 9.17) is 0 Å². The van der Waals surface area contributed by atoms with Crippen molar-refractivity contribution in [3.63, 3.8) is 0 Å². The third-order valence-corrected chi connectivity index (χ3v) is 2.00. The SMILES string of the molecule is CCCCCNC(=NC)NCCC(F)(F)F. The maximum Gasteiger partial charge on any atom is 0.390 e. The van der Waals surface area contributed by atoms with Gasteiger partial charge in [-0.1, -0.05) is 19.8 Å². The molecule has 0 atom stereocenters. The molecule has 3 nitrogen and oxygen atoms in total. The van der Waals surface area contributed by atoms with E-state index in [1.54, 1.807) is 7.05 Å². The molecule has 0 heterocycles. The van der Waals surface area contributed by atoms with E-state index in [-0.39, 0.29) is 6.54 Å². The molecule has 0 aliphatic heterocycles. The molecule has 0 aromatic carbocycles. The Kier molecular flexibility index (Phi) is 7.76. The van der Waals surface area contributed by atoms with Gasteiger partial charge in [-0.25, -0.2) is 0 Å². The van der Waals surface area contributed by atoms with Crippen molar-refractivity contribution in [2.45, 2.75) is 38.8 Å². The summed E-state index contributed by atoms with van der Waals surface area (Å²) in [6, 6.07) is 0. The normalized spacial score (nSPS) is 12.7. The average Bonchev–Trinajstić information content (AvgIpc) is 2.20. The zero-order valence-electron chi connectivity index (χ0n) is 9.82. The van der Waals surface area contributed by atoms with Gasteiger partial charge in [0.05, 0.1) is 6.42 Å². The summed E-state index contributed by atoms with van der Waals surface area (Å²) in [4.78, 5) is 3.83. The van der Waals surface area contributed by atoms with Gasteiger partial charge in [0.15, 0.2) is 5.96 Å². The Morgan fingerprint density at radius 1 is 1.12 bits per heavy atom. The summed E-state index contributed by atoms with van der Waals surface area (Å²) >= 11 is 0. The van der Waals surface area contributed by atoms with Crippen LogP contribution in [0.4, 0.5) is 13.2 Å². The van der Waals surface area contributed by atoms with Gasteiger partial charge in [-0.15, -0.1) is 0 Å². The summed E-state index contributed by atoms with van der Waals surface area (Å²) in [5.41, 5.74) is 0. The number of hydrogen-bond acceptors (Lipinski definition) is 1. The molecular weight excluding hydrogens is 219 g/mol. The van der Waals surface area contributed by atoms with Crippen molar-refractivity contribution in [2.75, 3.05) is 20.1 Å². The van der Waals surface area contributed by atoms with Crippen molar-refractivity contribution < 1.29 is 13.2 Å². The molecule has 0 amide bonds. The van der Waals surface area contributed by atoms with Gasteiger partial charge in [0.1, 0.15) is 0 Å². The topological polar surface area (TPSA) is 36.4 Å². The third-order valence-electron chi connectivity index (χ3n) is 2.00. The Morgan fingerprint density at radius 2 is 1.75 bits per heavy atom. The first-order chi connectivity index (χ1) is 7.49. The number of unbranched alkanes of at least 4 members (excludes halogenated alkanes) is 2. The summed E-state index contributed by atoms with van der Waals surface area (Å²) in [6.45, 7) is 2.69. The number of guanidine groups is 1. The highest BCUT2D eigenvalue weighted by atomic mass is 19.4. The quantitative estimate of drug-likeness (QED) is 0.424. The molecule has 0 aliphatic rings. The number of aliphatic imine (C=N–C) groups is 1. The zero-order valence-corrected chi connectivity index (χ0v) is 9.82. The van der Waals surface area contributed by atoms with Crippen molar-refractivity contribution in [3.05, 3.63) is 0 Å². The standard InChI is InChI=1S/C10H20F3N3/c1-3-4-5-7-15-9(14-2)16-8-6-10(11,12)13/h3-8H2,1-2H3,(H2,14,15,16). The van der Waals surface area contributed by atoms with Crippen molar-refractivity contribution in [3.8, 4) is 0 Å². The number of halogens is 3. The zero-order chi connectivity index (χ0) is 12.4. The highest BCUT2D eigenvalue weighted by Gasteiger charge is 2.26. The molecule has 0 fully saturated rings. The number of hydrogen-bond donors (Lipinski definition) is 2. The van der Waals surface area contributed by atoms with Gasteiger partial charge >= 0.3 is 6.18 Å². The molecule has 0 aliphatic carbocycles. The second kappa shape index (κ2) is 8.24. The lowest BCUT2D eigenvalue weighted by atomic mass is 10.2. The first kappa shape index (κ1) is 15.1. The maximum absolute atomic E-state index is 11.9. The minimum absolute atomic E-state index is 0.142. The minimum Gasteiger partial charge on any atom is -0.356 e. The molecule has 0 radical (unpaired) electrons. The molecule has 96 valence electrons. The number of nitrogens with one attached hydrogen (secondary N) is 2. The molecule has 0 aromatic heterocycles. The van der Waals surface area contributed by atoms with Crippen molar-refractivity contribution in [1.82, 2.24) is 10.6 Å². The molecule has 0 unspecified atom stereocenters. The van der Waals surface area contributed by atoms with Crippen molar-refractivity contribution in [2.24, 2.45) is 4.99 Å². The number of rotatable bonds is 6. The van der Waals surface area contributed by atoms with Crippen LogP contribution in [0.2, 0.25) is 0 Å². The molecule has 0 bridgehead atoms. The molecule has 0 saturated carbocycles. The Morgan fingerprint density at radius 3 is 2.25 bits per heavy atom. The predicted octanol–water partition coefficient (Wildman–Crippen LogP) is 2.29. The summed E-state index contributed by atoms with van der Waals surface area (Å²) in [6.07, 6.45) is -1.75. The fourth-order valence-corrected chi connectivity index (χ4v) is 1.13. The largest absolute Gasteiger partial charge is 0.390 e. The fraction of sp³-hybridized carbons (Fsp3) is 0.900. The van der Waals surface area contributed by atoms with E-state index < -0.39 is 12.6 Å². The molecule has 6 heteroatoms. The molecule has 16 heavy (non-hydrogen) atoms. The average molecular weight is 239 g/mol. The highest BCUT2D eigenvalue weighted by molar-refractivity contribution is 5.79. The van der Waals surface area contributed by atoms with Gasteiger partial charge < -0.3 is 10.6 Å². The van der Waals surface area contributed by atoms with E-state index in [0.29, 0.717) is 5.96 Å². The Bertz CT molecular complexity index is 202. The Labute approximate surface area is 94.5 Å². The molecular formula is C10H20F3N3. The van der Waals surface area contributed by atoms with Gasteiger partial charge in [-0.2, -0.15) is 13.2 Å². The minimum atomic E-state index is -4.12. The van der Waals surface area contributed by atoms with Gasteiger partial charge in [0, 0.05) is 20.1 Å². The third kappa shape index (κ3) is 9.61. The maximum atomic E-state index is 11.9.